The van der Waals surface area contributed by atoms with E-state index in [9.17, 15) is 14.3 Å². The number of hydrogen-bond acceptors (Lipinski definition) is 5. The highest BCUT2D eigenvalue weighted by Gasteiger charge is 2.28. The Balaban J connectivity index is 1.49. The molecule has 1 atom stereocenters. The average molecular weight is 471 g/mol. The summed E-state index contributed by atoms with van der Waals surface area (Å²) >= 11 is 0. The van der Waals surface area contributed by atoms with Crippen LogP contribution in [0.1, 0.15) is 28.5 Å². The third-order valence-electron chi connectivity index (χ3n) is 5.92. The molecule has 5 aromatic rings. The van der Waals surface area contributed by atoms with Crippen LogP contribution in [0.4, 0.5) is 4.39 Å². The Morgan fingerprint density at radius 2 is 1.89 bits per heavy atom. The van der Waals surface area contributed by atoms with E-state index in [-0.39, 0.29) is 11.3 Å². The van der Waals surface area contributed by atoms with Gasteiger partial charge in [-0.2, -0.15) is 0 Å². The van der Waals surface area contributed by atoms with Crippen molar-refractivity contribution >= 4 is 16.9 Å². The second-order valence-corrected chi connectivity index (χ2v) is 8.21. The van der Waals surface area contributed by atoms with Crippen molar-refractivity contribution in [2.75, 3.05) is 7.11 Å². The summed E-state index contributed by atoms with van der Waals surface area (Å²) in [6.45, 7) is 1.69. The van der Waals surface area contributed by atoms with Crippen molar-refractivity contribution in [3.8, 4) is 22.9 Å². The number of methoxy groups -OCH3 is 1. The van der Waals surface area contributed by atoms with Crippen LogP contribution in [0.25, 0.3) is 22.3 Å². The van der Waals surface area contributed by atoms with Crippen LogP contribution in [0.2, 0.25) is 0 Å². The number of imidazole rings is 1. The maximum absolute atomic E-state index is 15.0. The molecule has 3 aromatic carbocycles. The molecule has 1 unspecified atom stereocenters. The fourth-order valence-corrected chi connectivity index (χ4v) is 4.02. The Kier molecular flexibility index (Phi) is 5.58. The fraction of sp³-hybridized carbons (Fsp3) is 0.111. The Morgan fingerprint density at radius 1 is 1.09 bits per heavy atom. The van der Waals surface area contributed by atoms with Crippen molar-refractivity contribution in [3.05, 3.63) is 102 Å². The summed E-state index contributed by atoms with van der Waals surface area (Å²) in [4.78, 5) is 22.9. The molecule has 3 N–H and O–H groups in total. The molecule has 0 amide bonds. The summed E-state index contributed by atoms with van der Waals surface area (Å²) in [5, 5.41) is 11.6. The number of aromatic amines is 2. The Hall–Kier alpha value is -4.43. The molecule has 176 valence electrons. The standard InChI is InChI=1S/C27H22FN3O4/c1-27(33,17-8-4-3-5-9-17)22-15-30-25(31-22)16-7-6-10-18(13-16)35-24-20(28)14-21-19(11-12-29-21)23(24)26(32)34-2/h3-15,29,33H,1-2H3,(H,30,31). The second kappa shape index (κ2) is 8.73. The van der Waals surface area contributed by atoms with E-state index >= 15 is 0 Å². The van der Waals surface area contributed by atoms with E-state index in [1.807, 2.05) is 30.3 Å². The van der Waals surface area contributed by atoms with Gasteiger partial charge in [-0.15, -0.1) is 0 Å². The number of H-pyrrole nitrogens is 2. The van der Waals surface area contributed by atoms with E-state index in [0.29, 0.717) is 33.7 Å². The number of benzene rings is 3. The minimum absolute atomic E-state index is 0.00616. The first kappa shape index (κ1) is 22.4. The van der Waals surface area contributed by atoms with Crippen LogP contribution in [0, 0.1) is 5.82 Å². The zero-order chi connectivity index (χ0) is 24.6. The number of carbonyl (C=O) groups excluding carboxylic acids is 1. The highest BCUT2D eigenvalue weighted by molar-refractivity contribution is 6.06. The summed E-state index contributed by atoms with van der Waals surface area (Å²) < 4.78 is 25.7. The number of nitrogens with one attached hydrogen (secondary N) is 2. The lowest BCUT2D eigenvalue weighted by Crippen LogP contribution is -2.23. The van der Waals surface area contributed by atoms with Gasteiger partial charge in [-0.1, -0.05) is 42.5 Å². The normalized spacial score (nSPS) is 12.9. The van der Waals surface area contributed by atoms with E-state index < -0.39 is 17.4 Å². The summed E-state index contributed by atoms with van der Waals surface area (Å²) in [6.07, 6.45) is 3.19. The molecule has 0 aliphatic rings. The van der Waals surface area contributed by atoms with Crippen molar-refractivity contribution < 1.29 is 23.8 Å². The second-order valence-electron chi connectivity index (χ2n) is 8.21. The van der Waals surface area contributed by atoms with Crippen LogP contribution in [0.3, 0.4) is 0 Å². The van der Waals surface area contributed by atoms with Crippen molar-refractivity contribution in [1.82, 2.24) is 15.0 Å². The molecule has 0 aliphatic carbocycles. The van der Waals surface area contributed by atoms with Gasteiger partial charge in [0.05, 0.1) is 19.0 Å². The summed E-state index contributed by atoms with van der Waals surface area (Å²) in [6, 6.07) is 19.0. The third-order valence-corrected chi connectivity index (χ3v) is 5.92. The maximum atomic E-state index is 15.0. The lowest BCUT2D eigenvalue weighted by molar-refractivity contribution is 0.0599. The number of halogens is 1. The predicted molar refractivity (Wildman–Crippen MR) is 129 cm³/mol. The Bertz CT molecular complexity index is 1520. The molecular formula is C27H22FN3O4. The van der Waals surface area contributed by atoms with Gasteiger partial charge in [-0.05, 0) is 30.7 Å². The van der Waals surface area contributed by atoms with Gasteiger partial charge in [-0.3, -0.25) is 0 Å². The molecule has 2 heterocycles. The number of aromatic nitrogens is 3. The smallest absolute Gasteiger partial charge is 0.342 e. The molecular weight excluding hydrogens is 449 g/mol. The number of fused-ring (bicyclic) bond motifs is 1. The number of hydrogen-bond donors (Lipinski definition) is 3. The van der Waals surface area contributed by atoms with E-state index in [4.69, 9.17) is 9.47 Å². The van der Waals surface area contributed by atoms with Crippen LogP contribution in [-0.2, 0) is 10.3 Å². The van der Waals surface area contributed by atoms with Crippen LogP contribution < -0.4 is 4.74 Å². The van der Waals surface area contributed by atoms with Gasteiger partial charge in [0.15, 0.2) is 11.6 Å². The number of aliphatic hydroxyl groups is 1. The molecule has 35 heavy (non-hydrogen) atoms. The van der Waals surface area contributed by atoms with Gasteiger partial charge in [-0.25, -0.2) is 14.2 Å². The van der Waals surface area contributed by atoms with Gasteiger partial charge in [0.25, 0.3) is 0 Å². The first-order chi connectivity index (χ1) is 16.9. The number of ether oxygens (including phenoxy) is 2. The molecule has 5 rings (SSSR count). The number of nitrogens with zero attached hydrogens (tertiary/aromatic N) is 1. The summed E-state index contributed by atoms with van der Waals surface area (Å²) in [5.74, 6) is -0.845. The topological polar surface area (TPSA) is 100 Å². The molecule has 0 saturated heterocycles. The maximum Gasteiger partial charge on any atom is 0.342 e. The molecule has 0 bridgehead atoms. The molecule has 0 fully saturated rings. The van der Waals surface area contributed by atoms with Crippen LogP contribution in [-0.4, -0.2) is 33.1 Å². The Morgan fingerprint density at radius 3 is 2.66 bits per heavy atom. The van der Waals surface area contributed by atoms with Gasteiger partial charge in [0.2, 0.25) is 0 Å². The lowest BCUT2D eigenvalue weighted by atomic mass is 9.93. The molecule has 8 heteroatoms. The minimum atomic E-state index is -1.27. The molecule has 0 radical (unpaired) electrons. The van der Waals surface area contributed by atoms with Gasteiger partial charge in [0.1, 0.15) is 22.7 Å². The molecule has 0 spiro atoms. The van der Waals surface area contributed by atoms with Crippen molar-refractivity contribution in [1.29, 1.82) is 0 Å². The van der Waals surface area contributed by atoms with E-state index in [1.54, 1.807) is 49.6 Å². The highest BCUT2D eigenvalue weighted by Crippen LogP contribution is 2.36. The molecule has 0 aliphatic heterocycles. The van der Waals surface area contributed by atoms with E-state index in [1.165, 1.54) is 13.2 Å². The predicted octanol–water partition coefficient (Wildman–Crippen LogP) is 5.53. The van der Waals surface area contributed by atoms with Crippen LogP contribution >= 0.6 is 0 Å². The zero-order valence-corrected chi connectivity index (χ0v) is 19.0. The Labute approximate surface area is 200 Å². The van der Waals surface area contributed by atoms with Crippen LogP contribution in [0.15, 0.2) is 79.1 Å². The number of carbonyl (C=O) groups is 1. The van der Waals surface area contributed by atoms with Crippen LogP contribution in [0.5, 0.6) is 11.5 Å². The number of rotatable bonds is 6. The lowest BCUT2D eigenvalue weighted by Gasteiger charge is -2.22. The van der Waals surface area contributed by atoms with Gasteiger partial charge < -0.3 is 24.5 Å². The number of esters is 1. The fourth-order valence-electron chi connectivity index (χ4n) is 4.02. The average Bonchev–Trinajstić information content (AvgIpc) is 3.55. The molecule has 0 saturated carbocycles. The first-order valence-corrected chi connectivity index (χ1v) is 10.9. The van der Waals surface area contributed by atoms with Crippen molar-refractivity contribution in [2.24, 2.45) is 0 Å². The summed E-state index contributed by atoms with van der Waals surface area (Å²) in [5.41, 5.74) is 1.07. The summed E-state index contributed by atoms with van der Waals surface area (Å²) in [7, 11) is 1.23. The van der Waals surface area contributed by atoms with E-state index in [2.05, 4.69) is 15.0 Å². The van der Waals surface area contributed by atoms with Gasteiger partial charge >= 0.3 is 5.97 Å². The minimum Gasteiger partial charge on any atom is -0.465 e. The third kappa shape index (κ3) is 4.04. The van der Waals surface area contributed by atoms with Gasteiger partial charge in [0, 0.05) is 28.7 Å². The monoisotopic (exact) mass is 471 g/mol. The van der Waals surface area contributed by atoms with E-state index in [0.717, 1.165) is 5.56 Å². The SMILES string of the molecule is COC(=O)c1c(Oc2cccc(-c3ncc(C(C)(O)c4ccccc4)[nH]3)c2)c(F)cc2[nH]ccc12. The van der Waals surface area contributed by atoms with Crippen molar-refractivity contribution in [2.45, 2.75) is 12.5 Å². The quantitative estimate of drug-likeness (QED) is 0.283. The molecule has 2 aromatic heterocycles. The molecule has 7 nitrogen and oxygen atoms in total. The largest absolute Gasteiger partial charge is 0.465 e. The zero-order valence-electron chi connectivity index (χ0n) is 19.0. The van der Waals surface area contributed by atoms with Crippen molar-refractivity contribution in [3.63, 3.8) is 0 Å². The highest BCUT2D eigenvalue weighted by atomic mass is 19.1. The first-order valence-electron chi connectivity index (χ1n) is 10.9.